The average Bonchev–Trinajstić information content (AvgIpc) is 2.43. The summed E-state index contributed by atoms with van der Waals surface area (Å²) in [5.41, 5.74) is 1.01. The number of amides is 1. The Labute approximate surface area is 113 Å². The number of para-hydroxylation sites is 1. The Hall–Kier alpha value is -2.06. The van der Waals surface area contributed by atoms with Crippen LogP contribution in [0.2, 0.25) is 0 Å². The first-order chi connectivity index (χ1) is 9.19. The van der Waals surface area contributed by atoms with Crippen LogP contribution in [0.25, 0.3) is 0 Å². The molecule has 2 N–H and O–H groups in total. The molecule has 0 aromatic heterocycles. The lowest BCUT2D eigenvalue weighted by Gasteiger charge is -2.17. The van der Waals surface area contributed by atoms with Gasteiger partial charge in [-0.05, 0) is 19.5 Å². The minimum absolute atomic E-state index is 0.00235. The molecule has 0 bridgehead atoms. The number of nitrogens with zero attached hydrogens (tertiary/aromatic N) is 1. The second-order valence-corrected chi connectivity index (χ2v) is 4.04. The molecule has 1 aromatic rings. The van der Waals surface area contributed by atoms with Gasteiger partial charge in [0, 0.05) is 11.6 Å². The van der Waals surface area contributed by atoms with Gasteiger partial charge in [-0.1, -0.05) is 25.1 Å². The molecule has 5 nitrogen and oxygen atoms in total. The lowest BCUT2D eigenvalue weighted by atomic mass is 10.1. The minimum Gasteiger partial charge on any atom is -0.483 e. The minimum atomic E-state index is -0.299. The van der Waals surface area contributed by atoms with Crippen LogP contribution in [0.4, 0.5) is 0 Å². The van der Waals surface area contributed by atoms with E-state index in [1.165, 1.54) is 0 Å². The number of hydrogen-bond acceptors (Lipinski definition) is 4. The van der Waals surface area contributed by atoms with E-state index in [0.29, 0.717) is 5.75 Å². The second-order valence-electron chi connectivity index (χ2n) is 4.04. The molecular formula is C14H19N3O2. The normalized spacial score (nSPS) is 11.4. The summed E-state index contributed by atoms with van der Waals surface area (Å²) >= 11 is 0. The highest BCUT2D eigenvalue weighted by Crippen LogP contribution is 2.24. The predicted molar refractivity (Wildman–Crippen MR) is 72.7 cm³/mol. The molecule has 0 radical (unpaired) electrons. The number of benzene rings is 1. The van der Waals surface area contributed by atoms with Crippen molar-refractivity contribution in [3.8, 4) is 11.8 Å². The van der Waals surface area contributed by atoms with Crippen molar-refractivity contribution in [1.29, 1.82) is 5.26 Å². The molecule has 5 heteroatoms. The number of hydrogen-bond donors (Lipinski definition) is 2. The highest BCUT2D eigenvalue weighted by Gasteiger charge is 2.11. The molecule has 0 heterocycles. The summed E-state index contributed by atoms with van der Waals surface area (Å²) in [6.07, 6.45) is 0. The molecule has 1 amide bonds. The van der Waals surface area contributed by atoms with Gasteiger partial charge in [0.05, 0.1) is 6.07 Å². The van der Waals surface area contributed by atoms with Crippen LogP contribution in [-0.4, -0.2) is 25.6 Å². The molecule has 1 atom stereocenters. The van der Waals surface area contributed by atoms with Crippen molar-refractivity contribution in [2.75, 3.05) is 19.7 Å². The standard InChI is InChI=1S/C14H19N3O2/c1-3-16-11(2)12-6-4-5-7-13(12)19-10-14(18)17-9-8-15/h4-7,11,16H,3,9-10H2,1-2H3,(H,17,18). The fourth-order valence-corrected chi connectivity index (χ4v) is 1.72. The summed E-state index contributed by atoms with van der Waals surface area (Å²) in [6, 6.07) is 9.61. The Kier molecular flexibility index (Phi) is 6.41. The summed E-state index contributed by atoms with van der Waals surface area (Å²) in [6.45, 7) is 4.85. The third kappa shape index (κ3) is 4.98. The van der Waals surface area contributed by atoms with Crippen LogP contribution < -0.4 is 15.4 Å². The molecule has 19 heavy (non-hydrogen) atoms. The lowest BCUT2D eigenvalue weighted by molar-refractivity contribution is -0.122. The Morgan fingerprint density at radius 1 is 1.47 bits per heavy atom. The largest absolute Gasteiger partial charge is 0.483 e. The molecule has 1 unspecified atom stereocenters. The van der Waals surface area contributed by atoms with Gasteiger partial charge in [-0.2, -0.15) is 5.26 Å². The van der Waals surface area contributed by atoms with Gasteiger partial charge in [0.25, 0.3) is 5.91 Å². The zero-order valence-electron chi connectivity index (χ0n) is 11.3. The predicted octanol–water partition coefficient (Wildman–Crippen LogP) is 1.38. The van der Waals surface area contributed by atoms with Gasteiger partial charge in [0.15, 0.2) is 6.61 Å². The van der Waals surface area contributed by atoms with E-state index in [-0.39, 0.29) is 25.1 Å². The van der Waals surface area contributed by atoms with Gasteiger partial charge in [-0.3, -0.25) is 4.79 Å². The fraction of sp³-hybridized carbons (Fsp3) is 0.429. The van der Waals surface area contributed by atoms with E-state index in [4.69, 9.17) is 10.00 Å². The lowest BCUT2D eigenvalue weighted by Crippen LogP contribution is -2.29. The Morgan fingerprint density at radius 3 is 2.89 bits per heavy atom. The fourth-order valence-electron chi connectivity index (χ4n) is 1.72. The number of carbonyl (C=O) groups is 1. The monoisotopic (exact) mass is 261 g/mol. The topological polar surface area (TPSA) is 74.2 Å². The van der Waals surface area contributed by atoms with E-state index < -0.39 is 0 Å². The zero-order chi connectivity index (χ0) is 14.1. The zero-order valence-corrected chi connectivity index (χ0v) is 11.3. The highest BCUT2D eigenvalue weighted by atomic mass is 16.5. The molecular weight excluding hydrogens is 242 g/mol. The Bertz CT molecular complexity index is 454. The van der Waals surface area contributed by atoms with E-state index in [1.54, 1.807) is 0 Å². The molecule has 0 aliphatic heterocycles. The Balaban J connectivity index is 2.63. The molecule has 1 aromatic carbocycles. The summed E-state index contributed by atoms with van der Waals surface area (Å²) in [4.78, 5) is 11.4. The van der Waals surface area contributed by atoms with Crippen LogP contribution >= 0.6 is 0 Å². The summed E-state index contributed by atoms with van der Waals surface area (Å²) < 4.78 is 5.50. The molecule has 0 saturated carbocycles. The number of rotatable bonds is 7. The average molecular weight is 261 g/mol. The summed E-state index contributed by atoms with van der Waals surface area (Å²) in [5.74, 6) is 0.385. The third-order valence-corrected chi connectivity index (χ3v) is 2.62. The number of nitrogens with one attached hydrogen (secondary N) is 2. The van der Waals surface area contributed by atoms with Gasteiger partial charge in [0.2, 0.25) is 0 Å². The molecule has 102 valence electrons. The third-order valence-electron chi connectivity index (χ3n) is 2.62. The number of nitriles is 1. The first-order valence-corrected chi connectivity index (χ1v) is 6.27. The summed E-state index contributed by atoms with van der Waals surface area (Å²) in [7, 11) is 0. The van der Waals surface area contributed by atoms with E-state index in [1.807, 2.05) is 44.2 Å². The quantitative estimate of drug-likeness (QED) is 0.727. The van der Waals surface area contributed by atoms with Crippen LogP contribution in [-0.2, 0) is 4.79 Å². The van der Waals surface area contributed by atoms with Gasteiger partial charge in [0.1, 0.15) is 12.3 Å². The van der Waals surface area contributed by atoms with Crippen LogP contribution in [0.5, 0.6) is 5.75 Å². The maximum absolute atomic E-state index is 11.4. The van der Waals surface area contributed by atoms with Crippen molar-refractivity contribution in [3.05, 3.63) is 29.8 Å². The highest BCUT2D eigenvalue weighted by molar-refractivity contribution is 5.77. The number of ether oxygens (including phenoxy) is 1. The van der Waals surface area contributed by atoms with E-state index in [2.05, 4.69) is 10.6 Å². The molecule has 0 aliphatic carbocycles. The van der Waals surface area contributed by atoms with Crippen LogP contribution in [0.1, 0.15) is 25.5 Å². The van der Waals surface area contributed by atoms with Crippen molar-refractivity contribution in [2.45, 2.75) is 19.9 Å². The molecule has 0 saturated heterocycles. The van der Waals surface area contributed by atoms with Crippen LogP contribution in [0, 0.1) is 11.3 Å². The van der Waals surface area contributed by atoms with Crippen molar-refractivity contribution < 1.29 is 9.53 Å². The van der Waals surface area contributed by atoms with Crippen molar-refractivity contribution in [2.24, 2.45) is 0 Å². The summed E-state index contributed by atoms with van der Waals surface area (Å²) in [5, 5.41) is 14.1. The van der Waals surface area contributed by atoms with Crippen LogP contribution in [0.3, 0.4) is 0 Å². The maximum Gasteiger partial charge on any atom is 0.258 e. The SMILES string of the molecule is CCNC(C)c1ccccc1OCC(=O)NCC#N. The van der Waals surface area contributed by atoms with Gasteiger partial charge < -0.3 is 15.4 Å². The molecule has 0 fully saturated rings. The van der Waals surface area contributed by atoms with Crippen LogP contribution in [0.15, 0.2) is 24.3 Å². The van der Waals surface area contributed by atoms with Gasteiger partial charge >= 0.3 is 0 Å². The molecule has 0 spiro atoms. The molecule has 1 rings (SSSR count). The molecule has 0 aliphatic rings. The van der Waals surface area contributed by atoms with Crippen molar-refractivity contribution in [3.63, 3.8) is 0 Å². The first-order valence-electron chi connectivity index (χ1n) is 6.27. The van der Waals surface area contributed by atoms with Gasteiger partial charge in [-0.25, -0.2) is 0 Å². The maximum atomic E-state index is 11.4. The van der Waals surface area contributed by atoms with E-state index >= 15 is 0 Å². The second kappa shape index (κ2) is 8.11. The first kappa shape index (κ1) is 15.0. The number of carbonyl (C=O) groups excluding carboxylic acids is 1. The van der Waals surface area contributed by atoms with E-state index in [9.17, 15) is 4.79 Å². The van der Waals surface area contributed by atoms with Crippen molar-refractivity contribution in [1.82, 2.24) is 10.6 Å². The smallest absolute Gasteiger partial charge is 0.258 e. The Morgan fingerprint density at radius 2 is 2.21 bits per heavy atom. The van der Waals surface area contributed by atoms with Gasteiger partial charge in [-0.15, -0.1) is 0 Å². The van der Waals surface area contributed by atoms with Crippen molar-refractivity contribution >= 4 is 5.91 Å². The van der Waals surface area contributed by atoms with E-state index in [0.717, 1.165) is 12.1 Å².